The summed E-state index contributed by atoms with van der Waals surface area (Å²) in [5, 5.41) is 17.0. The van der Waals surface area contributed by atoms with Gasteiger partial charge in [0.15, 0.2) is 0 Å². The summed E-state index contributed by atoms with van der Waals surface area (Å²) in [6.45, 7) is 0. The lowest BCUT2D eigenvalue weighted by Crippen LogP contribution is -2.02. The van der Waals surface area contributed by atoms with Crippen LogP contribution in [0.3, 0.4) is 0 Å². The Hall–Kier alpha value is -1.28. The first-order chi connectivity index (χ1) is 4.86. The second-order valence-electron chi connectivity index (χ2n) is 2.45. The summed E-state index contributed by atoms with van der Waals surface area (Å²) in [4.78, 5) is 0. The highest BCUT2D eigenvalue weighted by Gasteiger charge is 2.13. The van der Waals surface area contributed by atoms with Crippen LogP contribution in [0.4, 0.5) is 0 Å². The third-order valence-electron chi connectivity index (χ3n) is 1.70. The van der Waals surface area contributed by atoms with Gasteiger partial charge in [-0.2, -0.15) is 10.5 Å². The molecule has 0 saturated carbocycles. The Morgan fingerprint density at radius 3 is 2.90 bits per heavy atom. The monoisotopic (exact) mass is 132 g/mol. The number of nitriles is 2. The fourth-order valence-electron chi connectivity index (χ4n) is 1.11. The van der Waals surface area contributed by atoms with E-state index in [1.165, 1.54) is 0 Å². The van der Waals surface area contributed by atoms with Crippen LogP contribution in [-0.2, 0) is 0 Å². The van der Waals surface area contributed by atoms with Crippen molar-refractivity contribution < 1.29 is 0 Å². The molecule has 0 aromatic heterocycles. The van der Waals surface area contributed by atoms with E-state index in [0.717, 1.165) is 18.4 Å². The van der Waals surface area contributed by atoms with Gasteiger partial charge in [0.2, 0.25) is 0 Å². The zero-order valence-electron chi connectivity index (χ0n) is 5.67. The largest absolute Gasteiger partial charge is 0.198 e. The van der Waals surface area contributed by atoms with Crippen molar-refractivity contribution in [1.29, 1.82) is 10.5 Å². The smallest absolute Gasteiger partial charge is 0.0944 e. The van der Waals surface area contributed by atoms with Gasteiger partial charge in [-0.1, -0.05) is 6.08 Å². The Labute approximate surface area is 60.4 Å². The fraction of sp³-hybridized carbons (Fsp3) is 0.500. The third kappa shape index (κ3) is 1.36. The average molecular weight is 132 g/mol. The average Bonchev–Trinajstić information content (AvgIpc) is 2.05. The van der Waals surface area contributed by atoms with E-state index in [1.807, 2.05) is 6.08 Å². The molecule has 0 amide bonds. The quantitative estimate of drug-likeness (QED) is 0.504. The van der Waals surface area contributed by atoms with Crippen molar-refractivity contribution in [3.8, 4) is 12.1 Å². The van der Waals surface area contributed by atoms with E-state index in [4.69, 9.17) is 10.5 Å². The molecule has 0 fully saturated rings. The number of allylic oxidation sites excluding steroid dienone is 2. The maximum Gasteiger partial charge on any atom is 0.0944 e. The summed E-state index contributed by atoms with van der Waals surface area (Å²) in [5.74, 6) is 0.0830. The molecule has 1 rings (SSSR count). The maximum absolute atomic E-state index is 8.52. The Bertz CT molecular complexity index is 227. The van der Waals surface area contributed by atoms with Crippen molar-refractivity contribution in [3.05, 3.63) is 11.6 Å². The lowest BCUT2D eigenvalue weighted by Gasteiger charge is -2.10. The molecule has 0 aromatic carbocycles. The molecule has 1 aliphatic carbocycles. The van der Waals surface area contributed by atoms with Crippen molar-refractivity contribution in [2.75, 3.05) is 0 Å². The highest BCUT2D eigenvalue weighted by Crippen LogP contribution is 2.22. The van der Waals surface area contributed by atoms with E-state index >= 15 is 0 Å². The summed E-state index contributed by atoms with van der Waals surface area (Å²) < 4.78 is 0. The van der Waals surface area contributed by atoms with Crippen LogP contribution in [0.5, 0.6) is 0 Å². The van der Waals surface area contributed by atoms with Crippen LogP contribution in [0.2, 0.25) is 0 Å². The maximum atomic E-state index is 8.52. The third-order valence-corrected chi connectivity index (χ3v) is 1.70. The van der Waals surface area contributed by atoms with Crippen LogP contribution in [0.15, 0.2) is 11.6 Å². The Kier molecular flexibility index (Phi) is 2.07. The van der Waals surface area contributed by atoms with Gasteiger partial charge in [0.1, 0.15) is 0 Å². The number of nitrogens with zero attached hydrogens (tertiary/aromatic N) is 2. The molecule has 0 aromatic rings. The minimum absolute atomic E-state index is 0.0830. The normalized spacial score (nSPS) is 24.2. The second-order valence-corrected chi connectivity index (χ2v) is 2.45. The minimum Gasteiger partial charge on any atom is -0.198 e. The van der Waals surface area contributed by atoms with Crippen molar-refractivity contribution >= 4 is 0 Å². The molecular formula is C8H8N2. The summed E-state index contributed by atoms with van der Waals surface area (Å²) in [6.07, 6.45) is 4.39. The molecule has 2 nitrogen and oxygen atoms in total. The van der Waals surface area contributed by atoms with Gasteiger partial charge < -0.3 is 0 Å². The Morgan fingerprint density at radius 1 is 1.50 bits per heavy atom. The lowest BCUT2D eigenvalue weighted by molar-refractivity contribution is 0.584. The number of hydrogen-bond donors (Lipinski definition) is 0. The summed E-state index contributed by atoms with van der Waals surface area (Å²) in [7, 11) is 0. The summed E-state index contributed by atoms with van der Waals surface area (Å²) in [6, 6.07) is 4.25. The molecule has 2 heteroatoms. The van der Waals surface area contributed by atoms with Gasteiger partial charge in [0.25, 0.3) is 0 Å². The van der Waals surface area contributed by atoms with Gasteiger partial charge >= 0.3 is 0 Å². The van der Waals surface area contributed by atoms with E-state index in [-0.39, 0.29) is 5.92 Å². The molecule has 0 N–H and O–H groups in total. The van der Waals surface area contributed by atoms with Crippen molar-refractivity contribution in [1.82, 2.24) is 0 Å². The SMILES string of the molecule is N#CC1=CCCC(C#N)C1. The van der Waals surface area contributed by atoms with Gasteiger partial charge in [-0.15, -0.1) is 0 Å². The van der Waals surface area contributed by atoms with E-state index in [9.17, 15) is 0 Å². The molecule has 0 radical (unpaired) electrons. The highest BCUT2D eigenvalue weighted by atomic mass is 14.3. The van der Waals surface area contributed by atoms with Gasteiger partial charge in [-0.3, -0.25) is 0 Å². The Morgan fingerprint density at radius 2 is 2.30 bits per heavy atom. The molecular weight excluding hydrogens is 124 g/mol. The second kappa shape index (κ2) is 3.03. The van der Waals surface area contributed by atoms with Gasteiger partial charge in [-0.25, -0.2) is 0 Å². The predicted molar refractivity (Wildman–Crippen MR) is 36.7 cm³/mol. The molecule has 0 heterocycles. The minimum atomic E-state index is 0.0830. The van der Waals surface area contributed by atoms with Crippen molar-refractivity contribution in [3.63, 3.8) is 0 Å². The first-order valence-electron chi connectivity index (χ1n) is 3.35. The number of rotatable bonds is 0. The zero-order valence-corrected chi connectivity index (χ0v) is 5.67. The molecule has 50 valence electrons. The summed E-state index contributed by atoms with van der Waals surface area (Å²) in [5.41, 5.74) is 0.776. The van der Waals surface area contributed by atoms with E-state index < -0.39 is 0 Å². The molecule has 0 saturated heterocycles. The van der Waals surface area contributed by atoms with E-state index in [0.29, 0.717) is 6.42 Å². The van der Waals surface area contributed by atoms with E-state index in [1.54, 1.807) is 0 Å². The molecule has 1 atom stereocenters. The van der Waals surface area contributed by atoms with Gasteiger partial charge in [-0.05, 0) is 19.3 Å². The lowest BCUT2D eigenvalue weighted by atomic mass is 9.91. The van der Waals surface area contributed by atoms with Crippen LogP contribution in [0.25, 0.3) is 0 Å². The van der Waals surface area contributed by atoms with Crippen molar-refractivity contribution in [2.24, 2.45) is 5.92 Å². The van der Waals surface area contributed by atoms with E-state index in [2.05, 4.69) is 12.1 Å². The molecule has 1 aliphatic rings. The number of hydrogen-bond acceptors (Lipinski definition) is 2. The molecule has 10 heavy (non-hydrogen) atoms. The van der Waals surface area contributed by atoms with Crippen LogP contribution in [0.1, 0.15) is 19.3 Å². The van der Waals surface area contributed by atoms with Gasteiger partial charge in [0.05, 0.1) is 18.1 Å². The first kappa shape index (κ1) is 6.83. The zero-order chi connectivity index (χ0) is 7.40. The molecule has 0 spiro atoms. The topological polar surface area (TPSA) is 47.6 Å². The van der Waals surface area contributed by atoms with Crippen molar-refractivity contribution in [2.45, 2.75) is 19.3 Å². The van der Waals surface area contributed by atoms with Crippen LogP contribution in [-0.4, -0.2) is 0 Å². The highest BCUT2D eigenvalue weighted by molar-refractivity contribution is 5.24. The first-order valence-corrected chi connectivity index (χ1v) is 3.35. The van der Waals surface area contributed by atoms with Gasteiger partial charge in [0, 0.05) is 5.57 Å². The standard InChI is InChI=1S/C8H8N2/c9-5-7-2-1-3-8(4-7)6-10/h2,8H,1,3-4H2. The fourth-order valence-corrected chi connectivity index (χ4v) is 1.11. The summed E-state index contributed by atoms with van der Waals surface area (Å²) >= 11 is 0. The molecule has 1 unspecified atom stereocenters. The van der Waals surface area contributed by atoms with Crippen LogP contribution in [0, 0.1) is 28.6 Å². The molecule has 0 bridgehead atoms. The molecule has 0 aliphatic heterocycles. The predicted octanol–water partition coefficient (Wildman–Crippen LogP) is 1.76. The van der Waals surface area contributed by atoms with Crippen LogP contribution >= 0.6 is 0 Å². The Balaban J connectivity index is 2.61. The van der Waals surface area contributed by atoms with Crippen LogP contribution < -0.4 is 0 Å².